The maximum Gasteiger partial charge on any atom is 0.248 e. The first kappa shape index (κ1) is 56.0. The Morgan fingerprint density at radius 1 is 0.806 bits per heavy atom. The Hall–Kier alpha value is -5.33. The lowest BCUT2D eigenvalue weighted by Gasteiger charge is -2.31. The molecular weight excluding hydrogens is 863 g/mol. The molecule has 1 aliphatic heterocycles. The molecule has 2 aliphatic rings. The monoisotopic (exact) mass is 940 g/mol. The predicted octanol–water partition coefficient (Wildman–Crippen LogP) is 2.78. The molecule has 0 aromatic heterocycles. The number of amides is 7. The Bertz CT molecular complexity index is 1910. The topological polar surface area (TPSA) is 267 Å². The number of phenols is 1. The van der Waals surface area contributed by atoms with Crippen LogP contribution in [0.5, 0.6) is 5.75 Å². The van der Waals surface area contributed by atoms with Crippen molar-refractivity contribution in [2.75, 3.05) is 33.9 Å². The van der Waals surface area contributed by atoms with Crippen LogP contribution in [0, 0.1) is 0 Å². The number of rotatable bonds is 25. The number of fused-ring (bicyclic) bond motifs is 4. The van der Waals surface area contributed by atoms with Crippen LogP contribution >= 0.6 is 0 Å². The number of carbonyl (C=O) groups excluding carboxylic acids is 7. The minimum Gasteiger partial charge on any atom is -0.507 e. The Morgan fingerprint density at radius 3 is 2.01 bits per heavy atom. The van der Waals surface area contributed by atoms with Crippen LogP contribution in [0.2, 0.25) is 0 Å². The first-order valence-electron chi connectivity index (χ1n) is 24.1. The van der Waals surface area contributed by atoms with Crippen molar-refractivity contribution < 1.29 is 54.0 Å². The molecule has 3 rings (SSSR count). The average Bonchev–Trinajstić information content (AvgIpc) is 3.30. The molecule has 0 saturated carbocycles. The van der Waals surface area contributed by atoms with Gasteiger partial charge in [-0.05, 0) is 62.5 Å². The van der Waals surface area contributed by atoms with Gasteiger partial charge in [0.2, 0.25) is 41.4 Å². The fourth-order valence-electron chi connectivity index (χ4n) is 8.12. The average molecular weight is 940 g/mol. The van der Waals surface area contributed by atoms with Gasteiger partial charge in [0.05, 0.1) is 25.9 Å². The Kier molecular flexibility index (Phi) is 24.0. The summed E-state index contributed by atoms with van der Waals surface area (Å²) < 4.78 is 0. The minimum atomic E-state index is -1.45. The van der Waals surface area contributed by atoms with Gasteiger partial charge in [-0.3, -0.25) is 33.6 Å². The highest BCUT2D eigenvalue weighted by Gasteiger charge is 2.35. The molecular formula is C49H77N7O11. The van der Waals surface area contributed by atoms with Crippen molar-refractivity contribution in [3.05, 3.63) is 47.1 Å². The summed E-state index contributed by atoms with van der Waals surface area (Å²) in [6, 6.07) is -2.75. The van der Waals surface area contributed by atoms with Gasteiger partial charge in [0.15, 0.2) is 0 Å². The number of hydrogen-bond acceptors (Lipinski definition) is 11. The summed E-state index contributed by atoms with van der Waals surface area (Å²) in [4.78, 5) is 96.2. The van der Waals surface area contributed by atoms with E-state index in [0.717, 1.165) is 24.2 Å². The molecule has 374 valence electrons. The second kappa shape index (κ2) is 28.8. The zero-order chi connectivity index (χ0) is 49.6. The van der Waals surface area contributed by atoms with Gasteiger partial charge in [0, 0.05) is 38.5 Å². The molecule has 18 heteroatoms. The largest absolute Gasteiger partial charge is 0.507 e. The molecule has 0 radical (unpaired) electrons. The van der Waals surface area contributed by atoms with E-state index < -0.39 is 90.9 Å². The Labute approximate surface area is 395 Å². The summed E-state index contributed by atoms with van der Waals surface area (Å²) in [7, 11) is 2.73. The van der Waals surface area contributed by atoms with E-state index in [2.05, 4.69) is 33.5 Å². The molecule has 7 atom stereocenters. The van der Waals surface area contributed by atoms with Gasteiger partial charge in [0.25, 0.3) is 0 Å². The van der Waals surface area contributed by atoms with Crippen LogP contribution in [0.4, 0.5) is 0 Å². The zero-order valence-electron chi connectivity index (χ0n) is 40.4. The molecule has 67 heavy (non-hydrogen) atoms. The smallest absolute Gasteiger partial charge is 0.248 e. The molecule has 0 spiro atoms. The quantitative estimate of drug-likeness (QED) is 0.0644. The molecule has 1 aromatic rings. The van der Waals surface area contributed by atoms with Gasteiger partial charge in [-0.1, -0.05) is 102 Å². The van der Waals surface area contributed by atoms with Crippen molar-refractivity contribution in [3.8, 4) is 5.75 Å². The molecule has 0 fully saturated rings. The van der Waals surface area contributed by atoms with E-state index in [4.69, 9.17) is 0 Å². The van der Waals surface area contributed by atoms with Crippen molar-refractivity contribution in [2.45, 2.75) is 173 Å². The van der Waals surface area contributed by atoms with Crippen molar-refractivity contribution in [1.82, 2.24) is 36.4 Å². The molecule has 9 N–H and O–H groups in total. The summed E-state index contributed by atoms with van der Waals surface area (Å²) in [6.07, 6.45) is 17.6. The van der Waals surface area contributed by atoms with E-state index in [1.54, 1.807) is 19.1 Å². The lowest BCUT2D eigenvalue weighted by molar-refractivity contribution is -0.142. The zero-order valence-corrected chi connectivity index (χ0v) is 40.4. The number of hydrogen-bond donors (Lipinski definition) is 9. The fourth-order valence-corrected chi connectivity index (χ4v) is 8.12. The maximum absolute atomic E-state index is 14.1. The highest BCUT2D eigenvalue weighted by Crippen LogP contribution is 2.36. The van der Waals surface area contributed by atoms with E-state index in [0.29, 0.717) is 12.0 Å². The molecule has 0 saturated heterocycles. The maximum atomic E-state index is 14.1. The number of aliphatic hydroxyl groups excluding tert-OH is 3. The van der Waals surface area contributed by atoms with Gasteiger partial charge < -0.3 is 56.8 Å². The summed E-state index contributed by atoms with van der Waals surface area (Å²) in [6.45, 7) is 4.90. The van der Waals surface area contributed by atoms with Gasteiger partial charge in [-0.15, -0.1) is 0 Å². The van der Waals surface area contributed by atoms with Gasteiger partial charge in [0.1, 0.15) is 36.0 Å². The number of benzene rings is 1. The van der Waals surface area contributed by atoms with E-state index in [-0.39, 0.29) is 54.2 Å². The molecule has 18 nitrogen and oxygen atoms in total. The number of aliphatic hydroxyl groups is 3. The normalized spacial score (nSPS) is 19.8. The number of nitrogens with one attached hydrogen (secondary N) is 5. The highest BCUT2D eigenvalue weighted by atomic mass is 16.3. The standard InChI is InChI=1S/C49H77N7O11/c1-7-8-9-10-11-12-13-14-15-16-17-18-19-20-42(61)55(5)39(30-58)48(66)52-32(3)45(63)50-28-43(62)56(6)44-35-22-24-41(60)37(27-35)36-25-34(21-23-40(36)59)26-38(47(65)51-31(2)29-57)54-46(64)33(4)53-49(44)67/h21-22,24-25,27,31-33,38-40,44,57-60H,7-20,23,26,28-30H2,1-6H3,(H,50,63)(H,51,65)(H,52,66)(H,53,67)(H,54,64)/t31-,32+,33-,38-,39+,40-,44-/m0/s1. The molecule has 0 unspecified atom stereocenters. The first-order valence-corrected chi connectivity index (χ1v) is 24.1. The number of carbonyl (C=O) groups is 7. The van der Waals surface area contributed by atoms with Crippen LogP contribution < -0.4 is 26.6 Å². The van der Waals surface area contributed by atoms with Gasteiger partial charge in [-0.25, -0.2) is 0 Å². The molecule has 7 amide bonds. The lowest BCUT2D eigenvalue weighted by atomic mass is 9.87. The van der Waals surface area contributed by atoms with Crippen LogP contribution in [0.1, 0.15) is 148 Å². The second-order valence-electron chi connectivity index (χ2n) is 18.0. The Balaban J connectivity index is 1.63. The second-order valence-corrected chi connectivity index (χ2v) is 18.0. The Morgan fingerprint density at radius 2 is 1.42 bits per heavy atom. The molecule has 1 aromatic carbocycles. The number of nitrogens with zero attached hydrogens (tertiary/aromatic N) is 2. The van der Waals surface area contributed by atoms with Crippen molar-refractivity contribution in [2.24, 2.45) is 0 Å². The van der Waals surface area contributed by atoms with Gasteiger partial charge in [-0.2, -0.15) is 0 Å². The van der Waals surface area contributed by atoms with Crippen LogP contribution in [0.15, 0.2) is 35.9 Å². The number of aromatic hydroxyl groups is 1. The van der Waals surface area contributed by atoms with Crippen molar-refractivity contribution >= 4 is 46.9 Å². The fraction of sp³-hybridized carbons (Fsp3) is 0.653. The number of unbranched alkanes of at least 4 members (excludes halogenated alkanes) is 12. The minimum absolute atomic E-state index is 0.0146. The summed E-state index contributed by atoms with van der Waals surface area (Å²) >= 11 is 0. The van der Waals surface area contributed by atoms with Crippen LogP contribution in [0.3, 0.4) is 0 Å². The van der Waals surface area contributed by atoms with E-state index in [1.165, 1.54) is 109 Å². The number of likely N-dealkylation sites (N-methyl/N-ethyl adjacent to an activating group) is 2. The third-order valence-electron chi connectivity index (χ3n) is 12.5. The van der Waals surface area contributed by atoms with Crippen LogP contribution in [-0.4, -0.2) is 142 Å². The van der Waals surface area contributed by atoms with E-state index >= 15 is 0 Å². The summed E-state index contributed by atoms with van der Waals surface area (Å²) in [5.41, 5.74) is 1.18. The molecule has 1 aliphatic carbocycles. The first-order chi connectivity index (χ1) is 31.9. The third kappa shape index (κ3) is 17.7. The van der Waals surface area contributed by atoms with Crippen LogP contribution in [-0.2, 0) is 33.6 Å². The highest BCUT2D eigenvalue weighted by molar-refractivity contribution is 5.97. The lowest BCUT2D eigenvalue weighted by Crippen LogP contribution is -2.56. The van der Waals surface area contributed by atoms with E-state index in [9.17, 15) is 54.0 Å². The number of phenolic OH excluding ortho intramolecular Hbond substituents is 1. The SMILES string of the molecule is CCCCCCCCCCCCCCCC(=O)N(C)[C@H](CO)C(=O)N[C@H](C)C(=O)NCC(=O)N(C)[C@@H]1C(=O)N[C@@H](C)C(=O)N[C@H](C(=O)N[C@@H](C)CO)CC2=CC[C@H](O)C(=C2)c2cc1ccc2O. The molecule has 1 heterocycles. The van der Waals surface area contributed by atoms with Crippen molar-refractivity contribution in [1.29, 1.82) is 0 Å². The van der Waals surface area contributed by atoms with E-state index in [1.807, 2.05) is 0 Å². The summed E-state index contributed by atoms with van der Waals surface area (Å²) in [5.74, 6) is -4.99. The molecule has 4 bridgehead atoms. The van der Waals surface area contributed by atoms with Crippen LogP contribution in [0.25, 0.3) is 5.57 Å². The third-order valence-corrected chi connectivity index (χ3v) is 12.5. The van der Waals surface area contributed by atoms with Crippen molar-refractivity contribution in [3.63, 3.8) is 0 Å². The summed E-state index contributed by atoms with van der Waals surface area (Å²) in [5, 5.41) is 54.5. The predicted molar refractivity (Wildman–Crippen MR) is 254 cm³/mol. The number of allylic oxidation sites excluding steroid dienone is 1. The van der Waals surface area contributed by atoms with Gasteiger partial charge >= 0.3 is 0 Å².